The first-order valence-electron chi connectivity index (χ1n) is 7.23. The van der Waals surface area contributed by atoms with Gasteiger partial charge in [-0.15, -0.1) is 0 Å². The number of carbonyl (C=O) groups is 1. The minimum absolute atomic E-state index is 0.190. The summed E-state index contributed by atoms with van der Waals surface area (Å²) in [7, 11) is 0. The van der Waals surface area contributed by atoms with Crippen LogP contribution in [0.2, 0.25) is 0 Å². The zero-order valence-corrected chi connectivity index (χ0v) is 15.4. The molecule has 0 aliphatic carbocycles. The number of halogens is 2. The van der Waals surface area contributed by atoms with Gasteiger partial charge in [-0.25, -0.2) is 0 Å². The lowest BCUT2D eigenvalue weighted by Crippen LogP contribution is -2.02. The van der Waals surface area contributed by atoms with Gasteiger partial charge in [0, 0.05) is 22.6 Å². The minimum atomic E-state index is 0.190. The topological polar surface area (TPSA) is 26.3 Å². The summed E-state index contributed by atoms with van der Waals surface area (Å²) >= 11 is 6.71. The fourth-order valence-corrected chi connectivity index (χ4v) is 2.67. The second kappa shape index (κ2) is 9.11. The highest BCUT2D eigenvalue weighted by atomic mass is 79.9. The standard InChI is InChI=1S/C18H18Br2O2/c19-11-3-6-18(21)17-5-2-1-4-16(17)14-7-9-15(10-8-14)22-13-12-20/h1-2,4-5,7-10H,3,6,11-13H2. The Morgan fingerprint density at radius 3 is 2.36 bits per heavy atom. The molecular weight excluding hydrogens is 408 g/mol. The van der Waals surface area contributed by atoms with Gasteiger partial charge in [0.2, 0.25) is 0 Å². The van der Waals surface area contributed by atoms with Crippen LogP contribution >= 0.6 is 31.9 Å². The Hall–Kier alpha value is -1.13. The van der Waals surface area contributed by atoms with Gasteiger partial charge in [0.05, 0.1) is 6.61 Å². The van der Waals surface area contributed by atoms with Gasteiger partial charge in [0.25, 0.3) is 0 Å². The Morgan fingerprint density at radius 1 is 0.955 bits per heavy atom. The van der Waals surface area contributed by atoms with E-state index in [2.05, 4.69) is 31.9 Å². The van der Waals surface area contributed by atoms with Gasteiger partial charge >= 0.3 is 0 Å². The highest BCUT2D eigenvalue weighted by molar-refractivity contribution is 9.09. The van der Waals surface area contributed by atoms with E-state index in [1.807, 2.05) is 48.5 Å². The van der Waals surface area contributed by atoms with Gasteiger partial charge in [-0.1, -0.05) is 68.3 Å². The van der Waals surface area contributed by atoms with Gasteiger partial charge in [0.15, 0.2) is 5.78 Å². The lowest BCUT2D eigenvalue weighted by molar-refractivity contribution is 0.0983. The Kier molecular flexibility index (Phi) is 7.13. The Labute approximate surface area is 148 Å². The number of rotatable bonds is 8. The van der Waals surface area contributed by atoms with E-state index >= 15 is 0 Å². The molecule has 0 fully saturated rings. The molecule has 0 heterocycles. The van der Waals surface area contributed by atoms with E-state index in [9.17, 15) is 4.79 Å². The number of carbonyl (C=O) groups excluding carboxylic acids is 1. The molecule has 0 spiro atoms. The third kappa shape index (κ3) is 4.68. The van der Waals surface area contributed by atoms with Crippen molar-refractivity contribution >= 4 is 37.6 Å². The molecule has 0 bridgehead atoms. The monoisotopic (exact) mass is 424 g/mol. The van der Waals surface area contributed by atoms with Crippen molar-refractivity contribution in [3.63, 3.8) is 0 Å². The maximum absolute atomic E-state index is 12.4. The molecule has 0 saturated heterocycles. The lowest BCUT2D eigenvalue weighted by Gasteiger charge is -2.10. The van der Waals surface area contributed by atoms with E-state index in [1.165, 1.54) is 0 Å². The van der Waals surface area contributed by atoms with Crippen LogP contribution < -0.4 is 4.74 Å². The molecule has 0 saturated carbocycles. The molecule has 4 heteroatoms. The summed E-state index contributed by atoms with van der Waals surface area (Å²) in [5.74, 6) is 1.03. The van der Waals surface area contributed by atoms with Crippen LogP contribution in [0.15, 0.2) is 48.5 Å². The maximum Gasteiger partial charge on any atom is 0.163 e. The maximum atomic E-state index is 12.4. The summed E-state index contributed by atoms with van der Waals surface area (Å²) in [5.41, 5.74) is 2.81. The third-order valence-electron chi connectivity index (χ3n) is 3.28. The number of benzene rings is 2. The molecule has 2 rings (SSSR count). The zero-order chi connectivity index (χ0) is 15.8. The van der Waals surface area contributed by atoms with Crippen LogP contribution in [-0.4, -0.2) is 23.1 Å². The molecule has 0 atom stereocenters. The highest BCUT2D eigenvalue weighted by Crippen LogP contribution is 2.27. The molecule has 0 aromatic heterocycles. The summed E-state index contributed by atoms with van der Waals surface area (Å²) in [6.45, 7) is 0.640. The second-order valence-electron chi connectivity index (χ2n) is 4.82. The van der Waals surface area contributed by atoms with Gasteiger partial charge in [-0.05, 0) is 29.7 Å². The number of ketones is 1. The molecule has 2 aromatic rings. The van der Waals surface area contributed by atoms with Crippen LogP contribution in [0.4, 0.5) is 0 Å². The van der Waals surface area contributed by atoms with Crippen LogP contribution in [0.25, 0.3) is 11.1 Å². The number of hydrogen-bond acceptors (Lipinski definition) is 2. The average Bonchev–Trinajstić information content (AvgIpc) is 2.58. The Balaban J connectivity index is 2.23. The molecule has 0 aliphatic rings. The minimum Gasteiger partial charge on any atom is -0.493 e. The van der Waals surface area contributed by atoms with E-state index in [1.54, 1.807) is 0 Å². The summed E-state index contributed by atoms with van der Waals surface area (Å²) in [4.78, 5) is 12.4. The van der Waals surface area contributed by atoms with Crippen molar-refractivity contribution in [2.45, 2.75) is 12.8 Å². The average molecular weight is 426 g/mol. The third-order valence-corrected chi connectivity index (χ3v) is 4.16. The Bertz CT molecular complexity index is 609. The second-order valence-corrected chi connectivity index (χ2v) is 6.41. The molecule has 0 aliphatic heterocycles. The largest absolute Gasteiger partial charge is 0.493 e. The molecule has 0 radical (unpaired) electrons. The first-order chi connectivity index (χ1) is 10.8. The lowest BCUT2D eigenvalue weighted by atomic mass is 9.95. The SMILES string of the molecule is O=C(CCCBr)c1ccccc1-c1ccc(OCCBr)cc1. The van der Waals surface area contributed by atoms with Crippen LogP contribution in [0, 0.1) is 0 Å². The van der Waals surface area contributed by atoms with Gasteiger partial charge in [-0.2, -0.15) is 0 Å². The zero-order valence-electron chi connectivity index (χ0n) is 12.2. The number of ether oxygens (including phenoxy) is 1. The molecule has 0 unspecified atom stereocenters. The van der Waals surface area contributed by atoms with Gasteiger partial charge < -0.3 is 4.74 Å². The van der Waals surface area contributed by atoms with E-state index in [0.717, 1.165) is 39.5 Å². The van der Waals surface area contributed by atoms with Crippen molar-refractivity contribution in [3.05, 3.63) is 54.1 Å². The van der Waals surface area contributed by atoms with Gasteiger partial charge in [0.1, 0.15) is 5.75 Å². The van der Waals surface area contributed by atoms with Crippen molar-refractivity contribution < 1.29 is 9.53 Å². The molecule has 2 aromatic carbocycles. The summed E-state index contributed by atoms with van der Waals surface area (Å²) in [6.07, 6.45) is 1.42. The predicted molar refractivity (Wildman–Crippen MR) is 98.5 cm³/mol. The van der Waals surface area contributed by atoms with E-state index in [0.29, 0.717) is 13.0 Å². The van der Waals surface area contributed by atoms with E-state index in [4.69, 9.17) is 4.74 Å². The van der Waals surface area contributed by atoms with Crippen LogP contribution in [0.1, 0.15) is 23.2 Å². The number of Topliss-reactive ketones (excluding diaryl/α,β-unsaturated/α-hetero) is 1. The Morgan fingerprint density at radius 2 is 1.68 bits per heavy atom. The highest BCUT2D eigenvalue weighted by Gasteiger charge is 2.12. The van der Waals surface area contributed by atoms with Crippen molar-refractivity contribution in [2.75, 3.05) is 17.3 Å². The van der Waals surface area contributed by atoms with Crippen LogP contribution in [0.3, 0.4) is 0 Å². The fourth-order valence-electron chi connectivity index (χ4n) is 2.23. The molecule has 22 heavy (non-hydrogen) atoms. The normalized spacial score (nSPS) is 10.5. The fraction of sp³-hybridized carbons (Fsp3) is 0.278. The van der Waals surface area contributed by atoms with Crippen LogP contribution in [-0.2, 0) is 0 Å². The summed E-state index contributed by atoms with van der Waals surface area (Å²) in [5, 5.41) is 1.65. The molecule has 2 nitrogen and oxygen atoms in total. The number of hydrogen-bond donors (Lipinski definition) is 0. The van der Waals surface area contributed by atoms with Crippen LogP contribution in [0.5, 0.6) is 5.75 Å². The van der Waals surface area contributed by atoms with Crippen molar-refractivity contribution in [1.82, 2.24) is 0 Å². The first-order valence-corrected chi connectivity index (χ1v) is 9.48. The molecular formula is C18H18Br2O2. The molecule has 0 N–H and O–H groups in total. The quantitative estimate of drug-likeness (QED) is 0.413. The number of alkyl halides is 2. The summed E-state index contributed by atoms with van der Waals surface area (Å²) < 4.78 is 5.56. The van der Waals surface area contributed by atoms with E-state index in [-0.39, 0.29) is 5.78 Å². The van der Waals surface area contributed by atoms with Crippen molar-refractivity contribution in [3.8, 4) is 16.9 Å². The van der Waals surface area contributed by atoms with Gasteiger partial charge in [-0.3, -0.25) is 4.79 Å². The van der Waals surface area contributed by atoms with E-state index < -0.39 is 0 Å². The summed E-state index contributed by atoms with van der Waals surface area (Å²) in [6, 6.07) is 15.7. The molecule has 0 amide bonds. The molecule has 116 valence electrons. The smallest absolute Gasteiger partial charge is 0.163 e. The first kappa shape index (κ1) is 17.2. The predicted octanol–water partition coefficient (Wildman–Crippen LogP) is 5.49. The van der Waals surface area contributed by atoms with Crippen molar-refractivity contribution in [1.29, 1.82) is 0 Å². The van der Waals surface area contributed by atoms with Crippen molar-refractivity contribution in [2.24, 2.45) is 0 Å².